The summed E-state index contributed by atoms with van der Waals surface area (Å²) in [5, 5.41) is 2.77. The van der Waals surface area contributed by atoms with Crippen molar-refractivity contribution < 1.29 is 14.3 Å². The molecule has 0 radical (unpaired) electrons. The van der Waals surface area contributed by atoms with Crippen LogP contribution in [0.1, 0.15) is 24.2 Å². The molecular formula is C20H20N4O4S. The molecular weight excluding hydrogens is 392 g/mol. The molecule has 0 saturated heterocycles. The number of pyridine rings is 2. The summed E-state index contributed by atoms with van der Waals surface area (Å²) in [6, 6.07) is 3.49. The second kappa shape index (κ2) is 7.67. The van der Waals surface area contributed by atoms with E-state index >= 15 is 0 Å². The number of ether oxygens (including phenoxy) is 2. The Labute approximate surface area is 171 Å². The quantitative estimate of drug-likeness (QED) is 0.596. The van der Waals surface area contributed by atoms with Gasteiger partial charge < -0.3 is 14.4 Å². The van der Waals surface area contributed by atoms with E-state index in [2.05, 4.69) is 9.88 Å². The van der Waals surface area contributed by atoms with E-state index in [1.165, 1.54) is 17.5 Å². The molecule has 3 aromatic rings. The lowest BCUT2D eigenvalue weighted by atomic mass is 10.2. The van der Waals surface area contributed by atoms with E-state index < -0.39 is 11.4 Å². The number of aromatic nitrogens is 3. The number of carbonyl (C=O) groups is 1. The second-order valence-corrected chi connectivity index (χ2v) is 7.45. The van der Waals surface area contributed by atoms with Gasteiger partial charge in [-0.15, -0.1) is 11.3 Å². The summed E-state index contributed by atoms with van der Waals surface area (Å²) in [5.74, 6) is 0.984. The second-order valence-electron chi connectivity index (χ2n) is 6.58. The van der Waals surface area contributed by atoms with Gasteiger partial charge >= 0.3 is 5.97 Å². The van der Waals surface area contributed by atoms with Crippen LogP contribution in [-0.4, -0.2) is 47.3 Å². The monoisotopic (exact) mass is 412 g/mol. The van der Waals surface area contributed by atoms with Crippen molar-refractivity contribution in [1.29, 1.82) is 0 Å². The SMILES string of the molecule is CCOC(=O)c1cn(-c2nccs2)c2nc(N3CC(C)=C(OC)C3)ccc2c1=O. The molecule has 1 aliphatic rings. The summed E-state index contributed by atoms with van der Waals surface area (Å²) in [7, 11) is 1.66. The van der Waals surface area contributed by atoms with Crippen molar-refractivity contribution in [2.45, 2.75) is 13.8 Å². The highest BCUT2D eigenvalue weighted by Crippen LogP contribution is 2.26. The van der Waals surface area contributed by atoms with Crippen molar-refractivity contribution in [2.75, 3.05) is 31.7 Å². The molecule has 0 fully saturated rings. The van der Waals surface area contributed by atoms with Crippen molar-refractivity contribution in [3.63, 3.8) is 0 Å². The number of anilines is 1. The van der Waals surface area contributed by atoms with E-state index in [0.29, 0.717) is 29.3 Å². The number of esters is 1. The Morgan fingerprint density at radius 1 is 1.31 bits per heavy atom. The third-order valence-electron chi connectivity index (χ3n) is 4.77. The third kappa shape index (κ3) is 3.38. The van der Waals surface area contributed by atoms with Crippen LogP contribution in [0.25, 0.3) is 16.2 Å². The first-order chi connectivity index (χ1) is 14.0. The van der Waals surface area contributed by atoms with Crippen molar-refractivity contribution in [1.82, 2.24) is 14.5 Å². The highest BCUT2D eigenvalue weighted by Gasteiger charge is 2.23. The molecule has 0 N–H and O–H groups in total. The van der Waals surface area contributed by atoms with Gasteiger partial charge in [0, 0.05) is 24.3 Å². The van der Waals surface area contributed by atoms with Crippen LogP contribution in [0.2, 0.25) is 0 Å². The Kier molecular flexibility index (Phi) is 5.06. The van der Waals surface area contributed by atoms with Gasteiger partial charge in [-0.05, 0) is 31.6 Å². The average molecular weight is 412 g/mol. The molecule has 0 bridgehead atoms. The minimum Gasteiger partial charge on any atom is -0.499 e. The largest absolute Gasteiger partial charge is 0.499 e. The summed E-state index contributed by atoms with van der Waals surface area (Å²) >= 11 is 1.39. The normalized spacial score (nSPS) is 14.0. The summed E-state index contributed by atoms with van der Waals surface area (Å²) < 4.78 is 12.1. The van der Waals surface area contributed by atoms with E-state index in [9.17, 15) is 9.59 Å². The first-order valence-corrected chi connectivity index (χ1v) is 10.0. The van der Waals surface area contributed by atoms with Crippen LogP contribution in [0, 0.1) is 0 Å². The Hall–Kier alpha value is -3.20. The summed E-state index contributed by atoms with van der Waals surface area (Å²) in [6.07, 6.45) is 3.13. The molecule has 4 heterocycles. The average Bonchev–Trinajstić information content (AvgIpc) is 3.38. The zero-order valence-corrected chi connectivity index (χ0v) is 17.2. The lowest BCUT2D eigenvalue weighted by molar-refractivity contribution is 0.0524. The highest BCUT2D eigenvalue weighted by molar-refractivity contribution is 7.12. The van der Waals surface area contributed by atoms with Gasteiger partial charge in [0.1, 0.15) is 17.1 Å². The molecule has 150 valence electrons. The lowest BCUT2D eigenvalue weighted by Crippen LogP contribution is -2.24. The van der Waals surface area contributed by atoms with Gasteiger partial charge in [0.2, 0.25) is 5.43 Å². The Bertz CT molecular complexity index is 1170. The van der Waals surface area contributed by atoms with Gasteiger partial charge in [0.15, 0.2) is 10.8 Å². The predicted octanol–water partition coefficient (Wildman–Crippen LogP) is 2.76. The van der Waals surface area contributed by atoms with Crippen molar-refractivity contribution in [3.05, 3.63) is 57.0 Å². The number of nitrogens with zero attached hydrogens (tertiary/aromatic N) is 4. The summed E-state index contributed by atoms with van der Waals surface area (Å²) in [6.45, 7) is 5.23. The maximum absolute atomic E-state index is 12.9. The van der Waals surface area contributed by atoms with Crippen molar-refractivity contribution >= 4 is 34.2 Å². The minimum absolute atomic E-state index is 0.0375. The van der Waals surface area contributed by atoms with Crippen LogP contribution >= 0.6 is 11.3 Å². The Morgan fingerprint density at radius 2 is 2.14 bits per heavy atom. The zero-order chi connectivity index (χ0) is 20.5. The number of thiazole rings is 1. The predicted molar refractivity (Wildman–Crippen MR) is 111 cm³/mol. The molecule has 0 atom stereocenters. The molecule has 3 aromatic heterocycles. The number of methoxy groups -OCH3 is 1. The van der Waals surface area contributed by atoms with E-state index in [-0.39, 0.29) is 12.2 Å². The zero-order valence-electron chi connectivity index (χ0n) is 16.3. The Balaban J connectivity index is 1.88. The van der Waals surface area contributed by atoms with Gasteiger partial charge in [0.05, 0.1) is 25.6 Å². The van der Waals surface area contributed by atoms with E-state index in [4.69, 9.17) is 14.5 Å². The molecule has 0 aromatic carbocycles. The number of fused-ring (bicyclic) bond motifs is 1. The van der Waals surface area contributed by atoms with Crippen LogP contribution in [0.15, 0.2) is 46.0 Å². The number of hydrogen-bond donors (Lipinski definition) is 0. The van der Waals surface area contributed by atoms with Gasteiger partial charge in [-0.2, -0.15) is 0 Å². The highest BCUT2D eigenvalue weighted by atomic mass is 32.1. The topological polar surface area (TPSA) is 86.6 Å². The third-order valence-corrected chi connectivity index (χ3v) is 5.54. The molecule has 0 unspecified atom stereocenters. The molecule has 0 aliphatic carbocycles. The number of carbonyl (C=O) groups excluding carboxylic acids is 1. The molecule has 4 rings (SSSR count). The molecule has 29 heavy (non-hydrogen) atoms. The van der Waals surface area contributed by atoms with Crippen LogP contribution < -0.4 is 10.3 Å². The number of rotatable bonds is 5. The van der Waals surface area contributed by atoms with Crippen molar-refractivity contribution in [2.24, 2.45) is 0 Å². The van der Waals surface area contributed by atoms with Crippen LogP contribution in [0.5, 0.6) is 0 Å². The number of hydrogen-bond acceptors (Lipinski definition) is 8. The van der Waals surface area contributed by atoms with E-state index in [1.807, 2.05) is 12.3 Å². The minimum atomic E-state index is -0.655. The van der Waals surface area contributed by atoms with Crippen LogP contribution in [0.3, 0.4) is 0 Å². The fourth-order valence-corrected chi connectivity index (χ4v) is 3.96. The van der Waals surface area contributed by atoms with E-state index in [1.54, 1.807) is 36.9 Å². The Morgan fingerprint density at radius 3 is 2.79 bits per heavy atom. The molecule has 9 heteroatoms. The molecule has 1 aliphatic heterocycles. The fourth-order valence-electron chi connectivity index (χ4n) is 3.34. The molecule has 0 saturated carbocycles. The van der Waals surface area contributed by atoms with Gasteiger partial charge in [0.25, 0.3) is 0 Å². The summed E-state index contributed by atoms with van der Waals surface area (Å²) in [4.78, 5) is 36.4. The maximum Gasteiger partial charge on any atom is 0.343 e. The fraction of sp³-hybridized carbons (Fsp3) is 0.300. The molecule has 8 nitrogen and oxygen atoms in total. The summed E-state index contributed by atoms with van der Waals surface area (Å²) in [5.41, 5.74) is 1.14. The first kappa shape index (κ1) is 19.1. The van der Waals surface area contributed by atoms with E-state index in [0.717, 1.165) is 17.2 Å². The van der Waals surface area contributed by atoms with Crippen LogP contribution in [0.4, 0.5) is 5.82 Å². The maximum atomic E-state index is 12.9. The molecule has 0 spiro atoms. The van der Waals surface area contributed by atoms with Gasteiger partial charge in [-0.3, -0.25) is 9.36 Å². The van der Waals surface area contributed by atoms with Gasteiger partial charge in [-0.25, -0.2) is 14.8 Å². The van der Waals surface area contributed by atoms with Gasteiger partial charge in [-0.1, -0.05) is 0 Å². The van der Waals surface area contributed by atoms with Crippen LogP contribution in [-0.2, 0) is 9.47 Å². The standard InChI is InChI=1S/C20H20N4O4S/c1-4-28-19(26)14-10-24(20-21-7-8-29-20)18-13(17(14)25)5-6-16(22-18)23-9-12(2)15(11-23)27-3/h5-8,10H,4,9,11H2,1-3H3. The first-order valence-electron chi connectivity index (χ1n) is 9.14. The smallest absolute Gasteiger partial charge is 0.343 e. The molecule has 0 amide bonds. The lowest BCUT2D eigenvalue weighted by Gasteiger charge is -2.18. The van der Waals surface area contributed by atoms with Crippen molar-refractivity contribution in [3.8, 4) is 5.13 Å².